The van der Waals surface area contributed by atoms with Crippen LogP contribution in [-0.4, -0.2) is 91.4 Å². The summed E-state index contributed by atoms with van der Waals surface area (Å²) < 4.78 is 24.6. The molecule has 1 saturated heterocycles. The Morgan fingerprint density at radius 1 is 0.955 bits per heavy atom. The first-order valence-electron chi connectivity index (χ1n) is 13.4. The average molecular weight is 632 g/mol. The Bertz CT molecular complexity index is 1330. The Balaban J connectivity index is 0.000000345. The van der Waals surface area contributed by atoms with Crippen molar-refractivity contribution in [2.24, 2.45) is 0 Å². The molecule has 3 aromatic rings. The van der Waals surface area contributed by atoms with Gasteiger partial charge in [0.25, 0.3) is 0 Å². The predicted octanol–water partition coefficient (Wildman–Crippen LogP) is 3.28. The van der Waals surface area contributed by atoms with Gasteiger partial charge in [-0.2, -0.15) is 0 Å². The highest BCUT2D eigenvalue weighted by molar-refractivity contribution is 7.98. The first-order chi connectivity index (χ1) is 20.9. The third-order valence-corrected chi connectivity index (χ3v) is 7.47. The fraction of sp³-hybridized carbons (Fsp3) is 0.367. The van der Waals surface area contributed by atoms with Gasteiger partial charge in [0.2, 0.25) is 0 Å². The molecule has 1 aromatic heterocycles. The molecule has 0 bridgehead atoms. The first-order valence-corrected chi connectivity index (χ1v) is 14.6. The minimum atomic E-state index is -2.74. The zero-order valence-electron chi connectivity index (χ0n) is 24.1. The molecule has 236 valence electrons. The SMILES string of the molecule is COc1ccc(CN(Cc2cnc(SC)nc2)[C@@H]2COC[C@H]2c2ccc(F)cc2)cc1.O=C(O)CC(O)(CC(=O)O)C(=O)O. The highest BCUT2D eigenvalue weighted by Crippen LogP contribution is 2.32. The third-order valence-electron chi connectivity index (χ3n) is 6.90. The van der Waals surface area contributed by atoms with Crippen LogP contribution in [0.25, 0.3) is 0 Å². The fourth-order valence-electron chi connectivity index (χ4n) is 4.67. The van der Waals surface area contributed by atoms with Crippen LogP contribution in [0.3, 0.4) is 0 Å². The van der Waals surface area contributed by atoms with Gasteiger partial charge in [-0.05, 0) is 41.6 Å². The van der Waals surface area contributed by atoms with Gasteiger partial charge in [-0.1, -0.05) is 36.0 Å². The molecule has 1 fully saturated rings. The molecular weight excluding hydrogens is 597 g/mol. The second-order valence-electron chi connectivity index (χ2n) is 10.1. The number of carbonyl (C=O) groups is 3. The van der Waals surface area contributed by atoms with E-state index in [1.807, 2.05) is 42.9 Å². The van der Waals surface area contributed by atoms with E-state index in [-0.39, 0.29) is 17.8 Å². The van der Waals surface area contributed by atoms with Crippen molar-refractivity contribution in [3.8, 4) is 5.75 Å². The van der Waals surface area contributed by atoms with E-state index < -0.39 is 36.4 Å². The van der Waals surface area contributed by atoms with Crippen molar-refractivity contribution < 1.29 is 48.7 Å². The van der Waals surface area contributed by atoms with Crippen molar-refractivity contribution in [3.05, 3.63) is 83.4 Å². The van der Waals surface area contributed by atoms with Crippen LogP contribution in [0.2, 0.25) is 0 Å². The molecule has 2 atom stereocenters. The van der Waals surface area contributed by atoms with E-state index in [0.29, 0.717) is 19.8 Å². The van der Waals surface area contributed by atoms with E-state index in [1.165, 1.54) is 29.5 Å². The van der Waals surface area contributed by atoms with Gasteiger partial charge >= 0.3 is 17.9 Å². The first kappa shape index (κ1) is 34.4. The normalized spacial score (nSPS) is 16.2. The van der Waals surface area contributed by atoms with Crippen LogP contribution in [-0.2, 0) is 32.2 Å². The Hall–Kier alpha value is -4.11. The number of rotatable bonds is 13. The Kier molecular flexibility index (Phi) is 12.6. The molecule has 1 aliphatic heterocycles. The van der Waals surface area contributed by atoms with Gasteiger partial charge in [-0.25, -0.2) is 19.2 Å². The fourth-order valence-corrected chi connectivity index (χ4v) is 4.98. The van der Waals surface area contributed by atoms with Crippen LogP contribution in [0, 0.1) is 5.82 Å². The van der Waals surface area contributed by atoms with Gasteiger partial charge in [0.1, 0.15) is 11.6 Å². The van der Waals surface area contributed by atoms with Crippen molar-refractivity contribution in [1.29, 1.82) is 0 Å². The molecule has 0 saturated carbocycles. The van der Waals surface area contributed by atoms with Gasteiger partial charge in [-0.3, -0.25) is 14.5 Å². The number of hydrogen-bond donors (Lipinski definition) is 4. The maximum atomic E-state index is 13.5. The number of thioether (sulfide) groups is 1. The number of halogens is 1. The van der Waals surface area contributed by atoms with Gasteiger partial charge in [-0.15, -0.1) is 0 Å². The second-order valence-corrected chi connectivity index (χ2v) is 10.8. The zero-order valence-corrected chi connectivity index (χ0v) is 24.9. The van der Waals surface area contributed by atoms with Crippen molar-refractivity contribution >= 4 is 29.7 Å². The van der Waals surface area contributed by atoms with E-state index in [0.717, 1.165) is 28.6 Å². The lowest BCUT2D eigenvalue weighted by molar-refractivity contribution is -0.170. The number of aromatic nitrogens is 2. The molecule has 2 heterocycles. The maximum Gasteiger partial charge on any atom is 0.336 e. The van der Waals surface area contributed by atoms with Crippen molar-refractivity contribution in [2.75, 3.05) is 26.6 Å². The number of nitrogens with zero attached hydrogens (tertiary/aromatic N) is 3. The molecule has 0 amide bonds. The topological polar surface area (TPSA) is 180 Å². The summed E-state index contributed by atoms with van der Waals surface area (Å²) in [6.45, 7) is 2.70. The number of carboxylic acids is 3. The summed E-state index contributed by atoms with van der Waals surface area (Å²) in [6, 6.07) is 15.1. The van der Waals surface area contributed by atoms with Crippen molar-refractivity contribution in [2.45, 2.75) is 48.6 Å². The summed E-state index contributed by atoms with van der Waals surface area (Å²) in [7, 11) is 1.67. The molecule has 14 heteroatoms. The molecule has 12 nitrogen and oxygen atoms in total. The van der Waals surface area contributed by atoms with Gasteiger partial charge in [0.15, 0.2) is 10.8 Å². The third kappa shape index (κ3) is 9.98. The van der Waals surface area contributed by atoms with Crippen LogP contribution < -0.4 is 4.74 Å². The van der Waals surface area contributed by atoms with E-state index in [2.05, 4.69) is 27.0 Å². The molecule has 0 radical (unpaired) electrons. The molecule has 1 aliphatic rings. The lowest BCUT2D eigenvalue weighted by Gasteiger charge is -2.32. The monoisotopic (exact) mass is 631 g/mol. The average Bonchev–Trinajstić information content (AvgIpc) is 3.47. The number of benzene rings is 2. The standard InChI is InChI=1S/C24H26FN3O2S.C6H8O7/c1-29-21-9-3-17(4-10-21)13-28(14-18-11-26-24(31-2)27-12-18)23-16-30-15-22(23)19-5-7-20(25)8-6-19;7-3(8)1-6(13,5(11)12)2-4(9)10/h3-12,22-23H,13-16H2,1-2H3;13H,1-2H2,(H,7,8)(H,9,10)(H,11,12)/t22-,23+;/m0./s1. The minimum Gasteiger partial charge on any atom is -0.497 e. The van der Waals surface area contributed by atoms with Crippen molar-refractivity contribution in [1.82, 2.24) is 14.9 Å². The highest BCUT2D eigenvalue weighted by Gasteiger charge is 2.41. The quantitative estimate of drug-likeness (QED) is 0.160. The number of carboxylic acid groups (broad SMARTS) is 3. The molecule has 0 unspecified atom stereocenters. The number of methoxy groups -OCH3 is 1. The summed E-state index contributed by atoms with van der Waals surface area (Å²) in [5.74, 6) is -4.23. The largest absolute Gasteiger partial charge is 0.497 e. The van der Waals surface area contributed by atoms with E-state index in [4.69, 9.17) is 29.9 Å². The lowest BCUT2D eigenvalue weighted by atomic mass is 9.92. The molecule has 2 aromatic carbocycles. The molecule has 4 N–H and O–H groups in total. The Morgan fingerprint density at radius 3 is 2.02 bits per heavy atom. The summed E-state index contributed by atoms with van der Waals surface area (Å²) >= 11 is 1.53. The predicted molar refractivity (Wildman–Crippen MR) is 157 cm³/mol. The number of aliphatic carboxylic acids is 3. The van der Waals surface area contributed by atoms with E-state index >= 15 is 0 Å². The maximum absolute atomic E-state index is 13.5. The molecular formula is C30H34FN3O9S. The summed E-state index contributed by atoms with van der Waals surface area (Å²) in [5.41, 5.74) is 0.596. The van der Waals surface area contributed by atoms with Crippen molar-refractivity contribution in [3.63, 3.8) is 0 Å². The number of aliphatic hydroxyl groups is 1. The van der Waals surface area contributed by atoms with Gasteiger partial charge < -0.3 is 29.9 Å². The molecule has 0 spiro atoms. The minimum absolute atomic E-state index is 0.160. The van der Waals surface area contributed by atoms with E-state index in [9.17, 15) is 18.8 Å². The molecule has 0 aliphatic carbocycles. The van der Waals surface area contributed by atoms with Crippen LogP contribution >= 0.6 is 11.8 Å². The number of ether oxygens (including phenoxy) is 2. The van der Waals surface area contributed by atoms with Crippen LogP contribution in [0.15, 0.2) is 66.1 Å². The zero-order chi connectivity index (χ0) is 32.3. The smallest absolute Gasteiger partial charge is 0.336 e. The van der Waals surface area contributed by atoms with Crippen LogP contribution in [0.4, 0.5) is 4.39 Å². The van der Waals surface area contributed by atoms with Crippen LogP contribution in [0.1, 0.15) is 35.4 Å². The Labute approximate surface area is 257 Å². The highest BCUT2D eigenvalue weighted by atomic mass is 32.2. The summed E-state index contributed by atoms with van der Waals surface area (Å²) in [5, 5.41) is 34.6. The number of hydrogen-bond acceptors (Lipinski definition) is 10. The summed E-state index contributed by atoms with van der Waals surface area (Å²) in [4.78, 5) is 41.7. The molecule has 4 rings (SSSR count). The van der Waals surface area contributed by atoms with Crippen LogP contribution in [0.5, 0.6) is 5.75 Å². The Morgan fingerprint density at radius 2 is 1.52 bits per heavy atom. The lowest BCUT2D eigenvalue weighted by Crippen LogP contribution is -2.42. The molecule has 44 heavy (non-hydrogen) atoms. The second kappa shape index (κ2) is 16.1. The summed E-state index contributed by atoms with van der Waals surface area (Å²) in [6.07, 6.45) is 3.46. The van der Waals surface area contributed by atoms with Gasteiger partial charge in [0.05, 0.1) is 33.2 Å². The van der Waals surface area contributed by atoms with E-state index in [1.54, 1.807) is 7.11 Å². The van der Waals surface area contributed by atoms with Gasteiger partial charge in [0, 0.05) is 43.0 Å².